The molecule has 3 aromatic heterocycles. The number of rotatable bonds is 3. The molecule has 0 amide bonds. The monoisotopic (exact) mass is 350 g/mol. The Hall–Kier alpha value is -1.53. The summed E-state index contributed by atoms with van der Waals surface area (Å²) in [5.74, 6) is 0.742. The van der Waals surface area contributed by atoms with Gasteiger partial charge in [-0.15, -0.1) is 0 Å². The maximum atomic E-state index is 6.33. The number of hydrogen-bond acceptors (Lipinski definition) is 4. The van der Waals surface area contributed by atoms with Crippen LogP contribution in [0.3, 0.4) is 0 Å². The molecule has 7 heteroatoms. The average Bonchev–Trinajstić information content (AvgIpc) is 3.17. The number of fused-ring (bicyclic) bond motifs is 1. The van der Waals surface area contributed by atoms with E-state index in [2.05, 4.69) is 10.2 Å². The zero-order valence-corrected chi connectivity index (χ0v) is 13.9. The van der Waals surface area contributed by atoms with E-state index < -0.39 is 0 Å². The van der Waals surface area contributed by atoms with Crippen molar-refractivity contribution in [3.8, 4) is 11.5 Å². The third-order valence-corrected chi connectivity index (χ3v) is 4.56. The van der Waals surface area contributed by atoms with E-state index in [1.54, 1.807) is 12.3 Å². The molecule has 1 N–H and O–H groups in total. The van der Waals surface area contributed by atoms with Gasteiger partial charge in [0, 0.05) is 38.9 Å². The Morgan fingerprint density at radius 2 is 2.09 bits per heavy atom. The smallest absolute Gasteiger partial charge is 0.156 e. The minimum absolute atomic E-state index is 0.539. The number of hydrogen-bond donors (Lipinski definition) is 1. The Bertz CT molecular complexity index is 822. The lowest BCUT2D eigenvalue weighted by Gasteiger charge is -2.27. The molecule has 0 bridgehead atoms. The Kier molecular flexibility index (Phi) is 4.03. The van der Waals surface area contributed by atoms with Crippen LogP contribution in [-0.2, 0) is 6.54 Å². The van der Waals surface area contributed by atoms with Crippen LogP contribution < -0.4 is 5.32 Å². The van der Waals surface area contributed by atoms with E-state index in [9.17, 15) is 0 Å². The van der Waals surface area contributed by atoms with E-state index in [1.807, 2.05) is 22.7 Å². The fraction of sp³-hybridized carbons (Fsp3) is 0.312. The van der Waals surface area contributed by atoms with Crippen LogP contribution in [-0.4, -0.2) is 40.5 Å². The van der Waals surface area contributed by atoms with Gasteiger partial charge in [0.15, 0.2) is 11.4 Å². The summed E-state index contributed by atoms with van der Waals surface area (Å²) < 4.78 is 7.54. The first kappa shape index (κ1) is 15.0. The van der Waals surface area contributed by atoms with Gasteiger partial charge in [0.05, 0.1) is 22.0 Å². The van der Waals surface area contributed by atoms with Gasteiger partial charge in [0.1, 0.15) is 5.69 Å². The molecule has 4 rings (SSSR count). The van der Waals surface area contributed by atoms with Crippen molar-refractivity contribution in [3.63, 3.8) is 0 Å². The highest BCUT2D eigenvalue weighted by Gasteiger charge is 2.21. The third-order valence-electron chi connectivity index (χ3n) is 4.08. The van der Waals surface area contributed by atoms with Crippen LogP contribution in [0.15, 0.2) is 35.1 Å². The molecule has 1 fully saturated rings. The van der Waals surface area contributed by atoms with Crippen LogP contribution in [0, 0.1) is 0 Å². The van der Waals surface area contributed by atoms with Crippen LogP contribution in [0.2, 0.25) is 10.0 Å². The first-order chi connectivity index (χ1) is 11.2. The molecule has 4 heterocycles. The molecule has 0 atom stereocenters. The van der Waals surface area contributed by atoms with Gasteiger partial charge < -0.3 is 9.73 Å². The minimum Gasteiger partial charge on any atom is -0.463 e. The van der Waals surface area contributed by atoms with E-state index >= 15 is 0 Å². The quantitative estimate of drug-likeness (QED) is 0.787. The molecule has 0 radical (unpaired) electrons. The second kappa shape index (κ2) is 6.17. The predicted molar refractivity (Wildman–Crippen MR) is 91.1 cm³/mol. The summed E-state index contributed by atoms with van der Waals surface area (Å²) in [6.45, 7) is 4.76. The summed E-state index contributed by atoms with van der Waals surface area (Å²) in [5, 5.41) is 4.50. The first-order valence-corrected chi connectivity index (χ1v) is 8.31. The molecule has 0 unspecified atom stereocenters. The van der Waals surface area contributed by atoms with Crippen LogP contribution in [0.25, 0.3) is 17.1 Å². The normalized spacial score (nSPS) is 16.3. The van der Waals surface area contributed by atoms with Crippen LogP contribution in [0.4, 0.5) is 0 Å². The van der Waals surface area contributed by atoms with Gasteiger partial charge in [-0.05, 0) is 18.2 Å². The third kappa shape index (κ3) is 2.85. The van der Waals surface area contributed by atoms with Gasteiger partial charge in [-0.2, -0.15) is 0 Å². The van der Waals surface area contributed by atoms with Crippen LogP contribution in [0.1, 0.15) is 5.69 Å². The van der Waals surface area contributed by atoms with Crippen molar-refractivity contribution in [3.05, 3.63) is 46.4 Å². The highest BCUT2D eigenvalue weighted by atomic mass is 35.5. The second-order valence-corrected chi connectivity index (χ2v) is 6.45. The second-order valence-electron chi connectivity index (χ2n) is 5.61. The number of pyridine rings is 1. The number of halogens is 2. The van der Waals surface area contributed by atoms with E-state index in [0.29, 0.717) is 15.7 Å². The van der Waals surface area contributed by atoms with Crippen molar-refractivity contribution in [1.29, 1.82) is 0 Å². The summed E-state index contributed by atoms with van der Waals surface area (Å²) in [5.41, 5.74) is 2.56. The molecular weight excluding hydrogens is 335 g/mol. The highest BCUT2D eigenvalue weighted by molar-refractivity contribution is 6.36. The molecule has 0 aliphatic carbocycles. The summed E-state index contributed by atoms with van der Waals surface area (Å²) in [7, 11) is 0. The summed E-state index contributed by atoms with van der Waals surface area (Å²) in [6.07, 6.45) is 3.52. The SMILES string of the molecule is Clc1cc(Cl)c2nc(-c3ccco3)c(CN3CCNCC3)n2c1. The summed E-state index contributed by atoms with van der Waals surface area (Å²) in [4.78, 5) is 7.09. The standard InChI is InChI=1S/C16H16Cl2N4O/c17-11-8-12(18)16-20-15(14-2-1-7-23-14)13(22(16)9-11)10-21-5-3-19-4-6-21/h1-2,7-9,19H,3-6,10H2. The molecule has 0 aromatic carbocycles. The number of nitrogens with one attached hydrogen (secondary N) is 1. The van der Waals surface area contributed by atoms with Crippen LogP contribution in [0.5, 0.6) is 0 Å². The van der Waals surface area contributed by atoms with E-state index in [0.717, 1.165) is 49.9 Å². The maximum Gasteiger partial charge on any atom is 0.156 e. The maximum absolute atomic E-state index is 6.33. The molecule has 120 valence electrons. The number of nitrogens with zero attached hydrogens (tertiary/aromatic N) is 3. The molecule has 1 saturated heterocycles. The zero-order chi connectivity index (χ0) is 15.8. The Balaban J connectivity index is 1.85. The number of aromatic nitrogens is 2. The van der Waals surface area contributed by atoms with Crippen molar-refractivity contribution >= 4 is 28.8 Å². The van der Waals surface area contributed by atoms with Gasteiger partial charge in [-0.1, -0.05) is 23.2 Å². The fourth-order valence-electron chi connectivity index (χ4n) is 2.96. The molecule has 5 nitrogen and oxygen atoms in total. The molecule has 1 aliphatic heterocycles. The summed E-state index contributed by atoms with van der Waals surface area (Å²) in [6, 6.07) is 5.49. The number of furan rings is 1. The Morgan fingerprint density at radius 1 is 1.26 bits per heavy atom. The van der Waals surface area contributed by atoms with E-state index in [4.69, 9.17) is 32.6 Å². The molecule has 3 aromatic rings. The van der Waals surface area contributed by atoms with Crippen molar-refractivity contribution in [2.24, 2.45) is 0 Å². The van der Waals surface area contributed by atoms with Gasteiger partial charge in [-0.25, -0.2) is 4.98 Å². The number of imidazole rings is 1. The lowest BCUT2D eigenvalue weighted by atomic mass is 10.2. The lowest BCUT2D eigenvalue weighted by molar-refractivity contribution is 0.230. The average molecular weight is 351 g/mol. The van der Waals surface area contributed by atoms with E-state index in [-0.39, 0.29) is 0 Å². The summed E-state index contributed by atoms with van der Waals surface area (Å²) >= 11 is 12.5. The molecule has 1 aliphatic rings. The van der Waals surface area contributed by atoms with Crippen molar-refractivity contribution in [2.75, 3.05) is 26.2 Å². The highest BCUT2D eigenvalue weighted by Crippen LogP contribution is 2.30. The van der Waals surface area contributed by atoms with E-state index in [1.165, 1.54) is 0 Å². The first-order valence-electron chi connectivity index (χ1n) is 7.55. The van der Waals surface area contributed by atoms with Gasteiger partial charge in [0.25, 0.3) is 0 Å². The van der Waals surface area contributed by atoms with Crippen molar-refractivity contribution < 1.29 is 4.42 Å². The van der Waals surface area contributed by atoms with Crippen molar-refractivity contribution in [2.45, 2.75) is 6.54 Å². The van der Waals surface area contributed by atoms with Gasteiger partial charge >= 0.3 is 0 Å². The zero-order valence-electron chi connectivity index (χ0n) is 12.4. The fourth-order valence-corrected chi connectivity index (χ4v) is 3.48. The van der Waals surface area contributed by atoms with Crippen molar-refractivity contribution in [1.82, 2.24) is 19.6 Å². The number of piperazine rings is 1. The largest absolute Gasteiger partial charge is 0.463 e. The van der Waals surface area contributed by atoms with Crippen LogP contribution >= 0.6 is 23.2 Å². The minimum atomic E-state index is 0.539. The Morgan fingerprint density at radius 3 is 2.83 bits per heavy atom. The molecule has 0 spiro atoms. The molecule has 0 saturated carbocycles. The van der Waals surface area contributed by atoms with Gasteiger partial charge in [0.2, 0.25) is 0 Å². The van der Waals surface area contributed by atoms with Gasteiger partial charge in [-0.3, -0.25) is 9.30 Å². The Labute approximate surface area is 143 Å². The predicted octanol–water partition coefficient (Wildman–Crippen LogP) is 3.31. The molecular formula is C16H16Cl2N4O. The lowest BCUT2D eigenvalue weighted by Crippen LogP contribution is -2.43. The topological polar surface area (TPSA) is 45.7 Å². The molecule has 23 heavy (non-hydrogen) atoms.